The third kappa shape index (κ3) is 3.57. The van der Waals surface area contributed by atoms with Gasteiger partial charge in [-0.05, 0) is 13.0 Å². The average molecular weight is 314 g/mol. The third-order valence-electron chi connectivity index (χ3n) is 3.51. The van der Waals surface area contributed by atoms with Gasteiger partial charge in [-0.25, -0.2) is 9.97 Å². The molecular formula is C13H22N4O3S. The Morgan fingerprint density at radius 2 is 2.14 bits per heavy atom. The van der Waals surface area contributed by atoms with Crippen molar-refractivity contribution in [2.75, 3.05) is 32.8 Å². The van der Waals surface area contributed by atoms with Gasteiger partial charge in [-0.1, -0.05) is 13.8 Å². The van der Waals surface area contributed by atoms with Gasteiger partial charge in [-0.3, -0.25) is 0 Å². The first-order valence-corrected chi connectivity index (χ1v) is 8.55. The fraction of sp³-hybridized carbons (Fsp3) is 0.692. The first-order chi connectivity index (χ1) is 9.98. The highest BCUT2D eigenvalue weighted by Gasteiger charge is 2.33. The molecule has 0 bridgehead atoms. The van der Waals surface area contributed by atoms with Crippen LogP contribution >= 0.6 is 0 Å². The normalized spacial score (nSPS) is 20.9. The molecule has 0 amide bonds. The summed E-state index contributed by atoms with van der Waals surface area (Å²) in [6, 6.07) is 1.77. The van der Waals surface area contributed by atoms with Gasteiger partial charge >= 0.3 is 0 Å². The van der Waals surface area contributed by atoms with Crippen LogP contribution in [-0.2, 0) is 14.9 Å². The minimum absolute atomic E-state index is 0.287. The molecule has 8 heteroatoms. The standard InChI is InChI=1S/C13H22N4O3S/c1-4-16(5-2)21(18,19)17-8-9-20-13(10-17)12-6-7-14-11(3)15-12/h6-7,13H,4-5,8-10H2,1-3H3. The van der Waals surface area contributed by atoms with Crippen LogP contribution in [0.2, 0.25) is 0 Å². The van der Waals surface area contributed by atoms with Crippen LogP contribution in [0, 0.1) is 6.92 Å². The molecule has 7 nitrogen and oxygen atoms in total. The molecule has 0 aliphatic carbocycles. The summed E-state index contributed by atoms with van der Waals surface area (Å²) in [7, 11) is -3.43. The summed E-state index contributed by atoms with van der Waals surface area (Å²) in [4.78, 5) is 8.38. The molecule has 1 fully saturated rings. The first kappa shape index (κ1) is 16.3. The molecule has 1 aliphatic heterocycles. The Morgan fingerprint density at radius 1 is 1.43 bits per heavy atom. The van der Waals surface area contributed by atoms with Crippen molar-refractivity contribution in [3.05, 3.63) is 23.8 Å². The summed E-state index contributed by atoms with van der Waals surface area (Å²) < 4.78 is 33.7. The fourth-order valence-corrected chi connectivity index (χ4v) is 3.99. The molecule has 0 saturated carbocycles. The fourth-order valence-electron chi connectivity index (χ4n) is 2.38. The van der Waals surface area contributed by atoms with E-state index in [1.165, 1.54) is 8.61 Å². The molecule has 0 spiro atoms. The zero-order valence-corrected chi connectivity index (χ0v) is 13.5. The lowest BCUT2D eigenvalue weighted by Gasteiger charge is -2.34. The predicted octanol–water partition coefficient (Wildman–Crippen LogP) is 0.745. The quantitative estimate of drug-likeness (QED) is 0.801. The number of nitrogens with zero attached hydrogens (tertiary/aromatic N) is 4. The van der Waals surface area contributed by atoms with Crippen molar-refractivity contribution in [1.82, 2.24) is 18.6 Å². The highest BCUT2D eigenvalue weighted by atomic mass is 32.2. The summed E-state index contributed by atoms with van der Waals surface area (Å²) in [6.07, 6.45) is 1.32. The van der Waals surface area contributed by atoms with Gasteiger partial charge in [0.2, 0.25) is 0 Å². The maximum atomic E-state index is 12.6. The number of aromatic nitrogens is 2. The van der Waals surface area contributed by atoms with Crippen LogP contribution in [0.25, 0.3) is 0 Å². The summed E-state index contributed by atoms with van der Waals surface area (Å²) >= 11 is 0. The Morgan fingerprint density at radius 3 is 2.76 bits per heavy atom. The van der Waals surface area contributed by atoms with Crippen LogP contribution in [-0.4, -0.2) is 59.8 Å². The number of hydrogen-bond acceptors (Lipinski definition) is 5. The van der Waals surface area contributed by atoms with Crippen molar-refractivity contribution in [2.24, 2.45) is 0 Å². The monoisotopic (exact) mass is 314 g/mol. The van der Waals surface area contributed by atoms with Gasteiger partial charge in [0.1, 0.15) is 11.9 Å². The number of ether oxygens (including phenoxy) is 1. The topological polar surface area (TPSA) is 75.6 Å². The van der Waals surface area contributed by atoms with E-state index in [1.807, 2.05) is 13.8 Å². The Balaban J connectivity index is 2.18. The van der Waals surface area contributed by atoms with E-state index in [-0.39, 0.29) is 12.6 Å². The van der Waals surface area contributed by atoms with Crippen molar-refractivity contribution >= 4 is 10.2 Å². The minimum atomic E-state index is -3.43. The largest absolute Gasteiger partial charge is 0.369 e. The van der Waals surface area contributed by atoms with Crippen molar-refractivity contribution in [1.29, 1.82) is 0 Å². The molecule has 2 heterocycles. The third-order valence-corrected chi connectivity index (χ3v) is 5.67. The van der Waals surface area contributed by atoms with E-state index < -0.39 is 10.2 Å². The lowest BCUT2D eigenvalue weighted by Crippen LogP contribution is -2.49. The lowest BCUT2D eigenvalue weighted by atomic mass is 10.2. The summed E-state index contributed by atoms with van der Waals surface area (Å²) in [5.41, 5.74) is 0.724. The van der Waals surface area contributed by atoms with Crippen LogP contribution in [0.4, 0.5) is 0 Å². The zero-order chi connectivity index (χ0) is 15.5. The number of aryl methyl sites for hydroxylation is 1. The second-order valence-electron chi connectivity index (χ2n) is 4.84. The van der Waals surface area contributed by atoms with Gasteiger partial charge in [0.15, 0.2) is 0 Å². The molecule has 0 N–H and O–H groups in total. The van der Waals surface area contributed by atoms with E-state index in [2.05, 4.69) is 9.97 Å². The van der Waals surface area contributed by atoms with E-state index >= 15 is 0 Å². The van der Waals surface area contributed by atoms with Gasteiger partial charge in [0.25, 0.3) is 10.2 Å². The maximum Gasteiger partial charge on any atom is 0.282 e. The van der Waals surface area contributed by atoms with Crippen molar-refractivity contribution < 1.29 is 13.2 Å². The average Bonchev–Trinajstić information content (AvgIpc) is 2.48. The number of rotatable bonds is 5. The summed E-state index contributed by atoms with van der Waals surface area (Å²) in [6.45, 7) is 7.44. The van der Waals surface area contributed by atoms with Crippen LogP contribution in [0.5, 0.6) is 0 Å². The smallest absolute Gasteiger partial charge is 0.282 e. The second-order valence-corrected chi connectivity index (χ2v) is 6.77. The maximum absolute atomic E-state index is 12.6. The summed E-state index contributed by atoms with van der Waals surface area (Å²) in [5, 5.41) is 0. The van der Waals surface area contributed by atoms with Crippen LogP contribution in [0.15, 0.2) is 12.3 Å². The van der Waals surface area contributed by atoms with Crippen molar-refractivity contribution in [2.45, 2.75) is 26.9 Å². The molecule has 1 saturated heterocycles. The molecular weight excluding hydrogens is 292 g/mol. The van der Waals surface area contributed by atoms with Gasteiger partial charge in [-0.15, -0.1) is 0 Å². The summed E-state index contributed by atoms with van der Waals surface area (Å²) in [5.74, 6) is 0.653. The molecule has 1 atom stereocenters. The first-order valence-electron chi connectivity index (χ1n) is 7.15. The minimum Gasteiger partial charge on any atom is -0.369 e. The van der Waals surface area contributed by atoms with E-state index in [0.717, 1.165) is 5.69 Å². The van der Waals surface area contributed by atoms with Gasteiger partial charge in [-0.2, -0.15) is 17.0 Å². The van der Waals surface area contributed by atoms with E-state index in [4.69, 9.17) is 4.74 Å². The van der Waals surface area contributed by atoms with Crippen LogP contribution in [0.3, 0.4) is 0 Å². The predicted molar refractivity (Wildman–Crippen MR) is 78.9 cm³/mol. The SMILES string of the molecule is CCN(CC)S(=O)(=O)N1CCOC(c2ccnc(C)n2)C1. The number of morpholine rings is 1. The van der Waals surface area contributed by atoms with Gasteiger partial charge in [0.05, 0.1) is 12.3 Å². The lowest BCUT2D eigenvalue weighted by molar-refractivity contribution is -0.00673. The molecule has 118 valence electrons. The van der Waals surface area contributed by atoms with E-state index in [9.17, 15) is 8.42 Å². The molecule has 2 rings (SSSR count). The molecule has 1 aromatic heterocycles. The van der Waals surface area contributed by atoms with Crippen molar-refractivity contribution in [3.8, 4) is 0 Å². The molecule has 1 aromatic rings. The van der Waals surface area contributed by atoms with Crippen LogP contribution in [0.1, 0.15) is 31.5 Å². The zero-order valence-electron chi connectivity index (χ0n) is 12.7. The van der Waals surface area contributed by atoms with E-state index in [1.54, 1.807) is 19.2 Å². The molecule has 1 aliphatic rings. The Bertz CT molecular complexity index is 575. The van der Waals surface area contributed by atoms with E-state index in [0.29, 0.717) is 32.1 Å². The second kappa shape index (κ2) is 6.78. The van der Waals surface area contributed by atoms with Gasteiger partial charge in [0, 0.05) is 32.4 Å². The van der Waals surface area contributed by atoms with Gasteiger partial charge < -0.3 is 4.74 Å². The Labute approximate surface area is 126 Å². The molecule has 0 radical (unpaired) electrons. The molecule has 0 aromatic carbocycles. The highest BCUT2D eigenvalue weighted by Crippen LogP contribution is 2.23. The van der Waals surface area contributed by atoms with Crippen molar-refractivity contribution in [3.63, 3.8) is 0 Å². The Kier molecular flexibility index (Phi) is 5.26. The Hall–Kier alpha value is -1.09. The van der Waals surface area contributed by atoms with Crippen LogP contribution < -0.4 is 0 Å². The molecule has 21 heavy (non-hydrogen) atoms. The number of hydrogen-bond donors (Lipinski definition) is 0. The highest BCUT2D eigenvalue weighted by molar-refractivity contribution is 7.86. The molecule has 1 unspecified atom stereocenters.